The van der Waals surface area contributed by atoms with Gasteiger partial charge in [-0.1, -0.05) is 26.0 Å². The lowest BCUT2D eigenvalue weighted by atomic mass is 9.49. The van der Waals surface area contributed by atoms with Crippen LogP contribution in [0.1, 0.15) is 64.7 Å². The topological polar surface area (TPSA) is 67.2 Å². The van der Waals surface area contributed by atoms with Gasteiger partial charge in [0.2, 0.25) is 11.8 Å². The lowest BCUT2D eigenvalue weighted by molar-refractivity contribution is -0.150. The molecule has 0 radical (unpaired) electrons. The van der Waals surface area contributed by atoms with E-state index in [1.807, 2.05) is 13.8 Å². The number of halogens is 2. The van der Waals surface area contributed by atoms with Crippen LogP contribution in [0.4, 0.5) is 8.78 Å². The molecule has 2 amide bonds. The summed E-state index contributed by atoms with van der Waals surface area (Å²) in [5.41, 5.74) is 0.461. The highest BCUT2D eigenvalue weighted by Crippen LogP contribution is 2.60. The van der Waals surface area contributed by atoms with Crippen LogP contribution in [0, 0.1) is 29.1 Å². The molecule has 4 saturated carbocycles. The Kier molecular flexibility index (Phi) is 5.89. The van der Waals surface area contributed by atoms with Crippen LogP contribution in [0.2, 0.25) is 0 Å². The first kappa shape index (κ1) is 23.2. The maximum absolute atomic E-state index is 13.8. The van der Waals surface area contributed by atoms with Crippen LogP contribution >= 0.6 is 0 Å². The van der Waals surface area contributed by atoms with Gasteiger partial charge in [-0.2, -0.15) is 8.78 Å². The largest absolute Gasteiger partial charge is 0.344 e. The summed E-state index contributed by atoms with van der Waals surface area (Å²) in [4.78, 5) is 32.8. The number of nitrogens with one attached hydrogen (secondary N) is 1. The Morgan fingerprint density at radius 1 is 1.12 bits per heavy atom. The number of benzene rings is 1. The summed E-state index contributed by atoms with van der Waals surface area (Å²) in [7, 11) is 1.59. The predicted molar refractivity (Wildman–Crippen MR) is 125 cm³/mol. The zero-order valence-corrected chi connectivity index (χ0v) is 20.1. The number of rotatable bonds is 7. The van der Waals surface area contributed by atoms with E-state index in [0.29, 0.717) is 28.8 Å². The highest BCUT2D eigenvalue weighted by Gasteiger charge is 2.55. The number of carbonyl (C=O) groups excluding carboxylic acids is 2. The number of imidazole rings is 1. The van der Waals surface area contributed by atoms with Crippen LogP contribution in [-0.4, -0.2) is 39.4 Å². The minimum Gasteiger partial charge on any atom is -0.344 e. The molecule has 1 aromatic carbocycles. The number of amides is 2. The molecular weight excluding hydrogens is 438 g/mol. The molecule has 4 aliphatic rings. The fourth-order valence-corrected chi connectivity index (χ4v) is 7.15. The number of hydrogen-bond donors (Lipinski definition) is 1. The van der Waals surface area contributed by atoms with Crippen molar-refractivity contribution in [2.75, 3.05) is 7.05 Å². The summed E-state index contributed by atoms with van der Waals surface area (Å²) < 4.78 is 28.5. The van der Waals surface area contributed by atoms with E-state index in [-0.39, 0.29) is 35.5 Å². The molecular formula is C26H34F2N4O2. The fraction of sp³-hybridized carbons (Fsp3) is 0.654. The van der Waals surface area contributed by atoms with Crippen molar-refractivity contribution >= 4 is 22.8 Å². The summed E-state index contributed by atoms with van der Waals surface area (Å²) in [5.74, 6) is 1.64. The summed E-state index contributed by atoms with van der Waals surface area (Å²) in [5, 5.41) is 3.10. The van der Waals surface area contributed by atoms with Gasteiger partial charge in [0.15, 0.2) is 0 Å². The van der Waals surface area contributed by atoms with E-state index in [1.54, 1.807) is 31.3 Å². The number of alkyl halides is 2. The van der Waals surface area contributed by atoms with Gasteiger partial charge in [-0.25, -0.2) is 4.98 Å². The molecule has 8 heteroatoms. The normalized spacial score (nSPS) is 28.6. The third-order valence-electron chi connectivity index (χ3n) is 8.36. The van der Waals surface area contributed by atoms with Crippen molar-refractivity contribution < 1.29 is 18.4 Å². The Hall–Kier alpha value is -2.51. The van der Waals surface area contributed by atoms with Gasteiger partial charge >= 0.3 is 6.55 Å². The second-order valence-electron chi connectivity index (χ2n) is 11.3. The maximum Gasteiger partial charge on any atom is 0.320 e. The molecule has 1 atom stereocenters. The number of carbonyl (C=O) groups is 2. The minimum atomic E-state index is -2.76. The number of aromatic nitrogens is 2. The first-order chi connectivity index (χ1) is 16.2. The monoisotopic (exact) mass is 472 g/mol. The van der Waals surface area contributed by atoms with E-state index in [2.05, 4.69) is 10.3 Å². The zero-order valence-electron chi connectivity index (χ0n) is 20.1. The van der Waals surface area contributed by atoms with Gasteiger partial charge in [-0.05, 0) is 74.3 Å². The third-order valence-corrected chi connectivity index (χ3v) is 8.36. The summed E-state index contributed by atoms with van der Waals surface area (Å²) in [6, 6.07) is 6.02. The third kappa shape index (κ3) is 3.99. The number of nitrogens with zero attached hydrogens (tertiary/aromatic N) is 3. The summed E-state index contributed by atoms with van der Waals surface area (Å²) in [6.45, 7) is 0.992. The van der Waals surface area contributed by atoms with Crippen molar-refractivity contribution in [1.29, 1.82) is 0 Å². The molecule has 0 spiro atoms. The molecule has 4 bridgehead atoms. The van der Waals surface area contributed by atoms with Gasteiger partial charge in [0.25, 0.3) is 0 Å². The molecule has 34 heavy (non-hydrogen) atoms. The molecule has 6 rings (SSSR count). The Labute approximate surface area is 199 Å². The van der Waals surface area contributed by atoms with E-state index in [4.69, 9.17) is 0 Å². The standard InChI is InChI=1S/C26H34F2N4O2/c1-15(2)22(30-24(34)26-11-16-8-17(12-26)10-18(9-16)13-26)23(33)31(3)14-21-29-19-6-4-5-7-20(19)32(21)25(27)28/h4-7,15-18,22,25H,8-14H2,1-3H3,(H,30,34)/t16?,17?,18?,22-,26?/m1/s1. The Morgan fingerprint density at radius 3 is 2.26 bits per heavy atom. The van der Waals surface area contributed by atoms with Crippen molar-refractivity contribution in [1.82, 2.24) is 19.8 Å². The first-order valence-electron chi connectivity index (χ1n) is 12.5. The highest BCUT2D eigenvalue weighted by atomic mass is 19.3. The number of likely N-dealkylation sites (N-methyl/N-ethyl adjacent to an activating group) is 1. The highest BCUT2D eigenvalue weighted by molar-refractivity contribution is 5.90. The molecule has 184 valence electrons. The maximum atomic E-state index is 13.8. The van der Waals surface area contributed by atoms with Gasteiger partial charge in [0, 0.05) is 12.5 Å². The van der Waals surface area contributed by atoms with Crippen LogP contribution in [0.3, 0.4) is 0 Å². The SMILES string of the molecule is CC(C)[C@@H](NC(=O)C12CC3CC(CC(C3)C1)C2)C(=O)N(C)Cc1nc2ccccc2n1C(F)F. The fourth-order valence-electron chi connectivity index (χ4n) is 7.15. The van der Waals surface area contributed by atoms with Crippen molar-refractivity contribution in [3.05, 3.63) is 30.1 Å². The van der Waals surface area contributed by atoms with E-state index in [0.717, 1.165) is 23.8 Å². The molecule has 4 aliphatic carbocycles. The average Bonchev–Trinajstić information content (AvgIpc) is 3.13. The van der Waals surface area contributed by atoms with Crippen molar-refractivity contribution in [2.45, 2.75) is 71.5 Å². The Bertz CT molecular complexity index is 1060. The molecule has 1 heterocycles. The lowest BCUT2D eigenvalue weighted by Gasteiger charge is -2.56. The molecule has 0 aliphatic heterocycles. The van der Waals surface area contributed by atoms with Gasteiger partial charge in [-0.15, -0.1) is 0 Å². The van der Waals surface area contributed by atoms with E-state index >= 15 is 0 Å². The first-order valence-corrected chi connectivity index (χ1v) is 12.5. The van der Waals surface area contributed by atoms with Gasteiger partial charge in [-0.3, -0.25) is 14.2 Å². The number of hydrogen-bond acceptors (Lipinski definition) is 3. The van der Waals surface area contributed by atoms with E-state index in [1.165, 1.54) is 24.2 Å². The van der Waals surface area contributed by atoms with Crippen LogP contribution < -0.4 is 5.32 Å². The Morgan fingerprint density at radius 2 is 1.71 bits per heavy atom. The smallest absolute Gasteiger partial charge is 0.320 e. The quantitative estimate of drug-likeness (QED) is 0.633. The number of fused-ring (bicyclic) bond motifs is 1. The second kappa shape index (κ2) is 8.61. The summed E-state index contributed by atoms with van der Waals surface area (Å²) in [6.07, 6.45) is 6.51. The molecule has 4 fully saturated rings. The van der Waals surface area contributed by atoms with Crippen LogP contribution in [0.5, 0.6) is 0 Å². The van der Waals surface area contributed by atoms with Gasteiger partial charge < -0.3 is 10.2 Å². The van der Waals surface area contributed by atoms with E-state index < -0.39 is 12.6 Å². The van der Waals surface area contributed by atoms with Crippen LogP contribution in [-0.2, 0) is 16.1 Å². The minimum absolute atomic E-state index is 0.00636. The van der Waals surface area contributed by atoms with Crippen LogP contribution in [0.25, 0.3) is 11.0 Å². The van der Waals surface area contributed by atoms with Crippen molar-refractivity contribution in [3.8, 4) is 0 Å². The predicted octanol–water partition coefficient (Wildman–Crippen LogP) is 4.75. The second-order valence-corrected chi connectivity index (χ2v) is 11.3. The molecule has 1 N–H and O–H groups in total. The molecule has 2 aromatic rings. The Balaban J connectivity index is 1.33. The molecule has 6 nitrogen and oxygen atoms in total. The van der Waals surface area contributed by atoms with E-state index in [9.17, 15) is 18.4 Å². The molecule has 0 saturated heterocycles. The van der Waals surface area contributed by atoms with Crippen molar-refractivity contribution in [2.24, 2.45) is 29.1 Å². The van der Waals surface area contributed by atoms with Crippen LogP contribution in [0.15, 0.2) is 24.3 Å². The molecule has 0 unspecified atom stereocenters. The van der Waals surface area contributed by atoms with Gasteiger partial charge in [0.1, 0.15) is 11.9 Å². The molecule has 1 aromatic heterocycles. The van der Waals surface area contributed by atoms with Crippen molar-refractivity contribution in [3.63, 3.8) is 0 Å². The summed E-state index contributed by atoms with van der Waals surface area (Å²) >= 11 is 0. The number of para-hydroxylation sites is 2. The average molecular weight is 473 g/mol. The van der Waals surface area contributed by atoms with Gasteiger partial charge in [0.05, 0.1) is 17.6 Å². The zero-order chi connectivity index (χ0) is 24.2. The lowest BCUT2D eigenvalue weighted by Crippen LogP contribution is -2.58.